The third-order valence-electron chi connectivity index (χ3n) is 5.49. The van der Waals surface area contributed by atoms with Crippen LogP contribution in [0.4, 0.5) is 16.3 Å². The number of aromatic nitrogens is 4. The first kappa shape index (κ1) is 20.8. The average molecular weight is 420 g/mol. The van der Waals surface area contributed by atoms with Gasteiger partial charge in [0.2, 0.25) is 0 Å². The molecule has 162 valence electrons. The molecule has 3 heterocycles. The van der Waals surface area contributed by atoms with Gasteiger partial charge in [-0.2, -0.15) is 5.10 Å². The fraction of sp³-hybridized carbons (Fsp3) is 0.391. The largest absolute Gasteiger partial charge is 0.352 e. The highest BCUT2D eigenvalue weighted by Gasteiger charge is 2.22. The van der Waals surface area contributed by atoms with Crippen LogP contribution in [0, 0.1) is 6.92 Å². The minimum atomic E-state index is -0.0707. The van der Waals surface area contributed by atoms with E-state index in [-0.39, 0.29) is 11.4 Å². The van der Waals surface area contributed by atoms with E-state index in [1.165, 1.54) is 5.56 Å². The number of piperazine rings is 1. The summed E-state index contributed by atoms with van der Waals surface area (Å²) in [6, 6.07) is 13.8. The molecular weight excluding hydrogens is 390 g/mol. The summed E-state index contributed by atoms with van der Waals surface area (Å²) in [5.74, 6) is 1.50. The molecule has 4 rings (SSSR count). The Hall–Kier alpha value is -3.42. The first-order chi connectivity index (χ1) is 14.8. The number of hydrogen-bond acceptors (Lipinski definition) is 5. The number of carbonyl (C=O) groups is 1. The third-order valence-corrected chi connectivity index (χ3v) is 5.49. The Morgan fingerprint density at radius 2 is 1.55 bits per heavy atom. The smallest absolute Gasteiger partial charge is 0.321 e. The summed E-state index contributed by atoms with van der Waals surface area (Å²) in [5.41, 5.74) is 3.09. The Balaban J connectivity index is 1.31. The molecule has 8 nitrogen and oxygen atoms in total. The minimum Gasteiger partial charge on any atom is -0.352 e. The number of benzene rings is 1. The molecule has 2 amide bonds. The van der Waals surface area contributed by atoms with Crippen LogP contribution in [-0.4, -0.2) is 57.1 Å². The number of urea groups is 1. The standard InChI is InChI=1S/C23H29N7O/c1-17-11-12-30(27-17)21-10-9-20(25-26-21)28-13-15-29(16-14-28)22(31)24-19-7-5-18(6-8-19)23(2,3)4/h5-12H,13-16H2,1-4H3,(H,24,31). The van der Waals surface area contributed by atoms with Gasteiger partial charge in [-0.15, -0.1) is 10.2 Å². The second-order valence-corrected chi connectivity index (χ2v) is 8.88. The molecule has 0 atom stereocenters. The SMILES string of the molecule is Cc1ccn(-c2ccc(N3CCN(C(=O)Nc4ccc(C(C)(C)C)cc4)CC3)nn2)n1. The minimum absolute atomic E-state index is 0.0707. The summed E-state index contributed by atoms with van der Waals surface area (Å²) >= 11 is 0. The van der Waals surface area contributed by atoms with Crippen molar-refractivity contribution in [2.24, 2.45) is 0 Å². The fourth-order valence-corrected chi connectivity index (χ4v) is 3.55. The second-order valence-electron chi connectivity index (χ2n) is 8.88. The molecule has 0 aliphatic carbocycles. The van der Waals surface area contributed by atoms with Gasteiger partial charge in [0.25, 0.3) is 0 Å². The van der Waals surface area contributed by atoms with E-state index in [0.29, 0.717) is 32.0 Å². The van der Waals surface area contributed by atoms with Gasteiger partial charge in [0, 0.05) is 38.1 Å². The molecule has 2 aromatic heterocycles. The summed E-state index contributed by atoms with van der Waals surface area (Å²) in [4.78, 5) is 16.6. The van der Waals surface area contributed by atoms with Gasteiger partial charge in [-0.3, -0.25) is 0 Å². The predicted octanol–water partition coefficient (Wildman–Crippen LogP) is 3.62. The quantitative estimate of drug-likeness (QED) is 0.701. The maximum absolute atomic E-state index is 12.7. The molecule has 1 aliphatic heterocycles. The molecule has 1 N–H and O–H groups in total. The number of anilines is 2. The molecule has 1 aliphatic rings. The van der Waals surface area contributed by atoms with Gasteiger partial charge in [-0.05, 0) is 48.2 Å². The molecule has 0 bridgehead atoms. The highest BCUT2D eigenvalue weighted by Crippen LogP contribution is 2.23. The van der Waals surface area contributed by atoms with Crippen LogP contribution in [-0.2, 0) is 5.41 Å². The van der Waals surface area contributed by atoms with Gasteiger partial charge in [-0.25, -0.2) is 9.48 Å². The molecule has 1 aromatic carbocycles. The van der Waals surface area contributed by atoms with Gasteiger partial charge >= 0.3 is 6.03 Å². The lowest BCUT2D eigenvalue weighted by Crippen LogP contribution is -2.50. The molecule has 31 heavy (non-hydrogen) atoms. The zero-order chi connectivity index (χ0) is 22.0. The molecule has 8 heteroatoms. The third kappa shape index (κ3) is 4.84. The van der Waals surface area contributed by atoms with Crippen molar-refractivity contribution in [1.82, 2.24) is 24.9 Å². The molecule has 0 saturated carbocycles. The van der Waals surface area contributed by atoms with Crippen molar-refractivity contribution in [2.45, 2.75) is 33.1 Å². The van der Waals surface area contributed by atoms with E-state index in [1.54, 1.807) is 4.68 Å². The van der Waals surface area contributed by atoms with Crippen LogP contribution in [0.5, 0.6) is 0 Å². The van der Waals surface area contributed by atoms with E-state index in [2.05, 4.69) is 58.4 Å². The van der Waals surface area contributed by atoms with Crippen LogP contribution < -0.4 is 10.2 Å². The molecule has 0 unspecified atom stereocenters. The van der Waals surface area contributed by atoms with E-state index in [9.17, 15) is 4.79 Å². The van der Waals surface area contributed by atoms with Crippen molar-refractivity contribution >= 4 is 17.5 Å². The first-order valence-electron chi connectivity index (χ1n) is 10.6. The van der Waals surface area contributed by atoms with E-state index in [1.807, 2.05) is 48.4 Å². The number of hydrogen-bond donors (Lipinski definition) is 1. The first-order valence-corrected chi connectivity index (χ1v) is 10.6. The Morgan fingerprint density at radius 3 is 2.10 bits per heavy atom. The average Bonchev–Trinajstić information content (AvgIpc) is 3.20. The summed E-state index contributed by atoms with van der Waals surface area (Å²) in [6.45, 7) is 11.2. The number of rotatable bonds is 3. The molecule has 1 saturated heterocycles. The van der Waals surface area contributed by atoms with E-state index in [4.69, 9.17) is 0 Å². The number of aryl methyl sites for hydroxylation is 1. The zero-order valence-electron chi connectivity index (χ0n) is 18.5. The molecular formula is C23H29N7O. The van der Waals surface area contributed by atoms with Crippen LogP contribution in [0.1, 0.15) is 32.0 Å². The predicted molar refractivity (Wildman–Crippen MR) is 122 cm³/mol. The van der Waals surface area contributed by atoms with E-state index < -0.39 is 0 Å². The van der Waals surface area contributed by atoms with Crippen LogP contribution in [0.15, 0.2) is 48.7 Å². The van der Waals surface area contributed by atoms with Crippen molar-refractivity contribution in [1.29, 1.82) is 0 Å². The van der Waals surface area contributed by atoms with Gasteiger partial charge in [0.1, 0.15) is 0 Å². The van der Waals surface area contributed by atoms with Crippen LogP contribution in [0.25, 0.3) is 5.82 Å². The summed E-state index contributed by atoms with van der Waals surface area (Å²) < 4.78 is 1.71. The monoisotopic (exact) mass is 419 g/mol. The summed E-state index contributed by atoms with van der Waals surface area (Å²) in [6.07, 6.45) is 1.87. The van der Waals surface area contributed by atoms with E-state index in [0.717, 1.165) is 17.2 Å². The van der Waals surface area contributed by atoms with Gasteiger partial charge in [-0.1, -0.05) is 32.9 Å². The van der Waals surface area contributed by atoms with Gasteiger partial charge in [0.05, 0.1) is 5.69 Å². The number of nitrogens with one attached hydrogen (secondary N) is 1. The Morgan fingerprint density at radius 1 is 0.903 bits per heavy atom. The lowest BCUT2D eigenvalue weighted by molar-refractivity contribution is 0.208. The topological polar surface area (TPSA) is 79.2 Å². The Labute approximate surface area is 182 Å². The number of nitrogens with zero attached hydrogens (tertiary/aromatic N) is 6. The van der Waals surface area contributed by atoms with Crippen molar-refractivity contribution < 1.29 is 4.79 Å². The van der Waals surface area contributed by atoms with Crippen molar-refractivity contribution in [3.05, 3.63) is 59.9 Å². The molecule has 0 radical (unpaired) electrons. The lowest BCUT2D eigenvalue weighted by Gasteiger charge is -2.35. The van der Waals surface area contributed by atoms with Crippen LogP contribution in [0.3, 0.4) is 0 Å². The molecule has 0 spiro atoms. The number of carbonyl (C=O) groups excluding carboxylic acids is 1. The van der Waals surface area contributed by atoms with Crippen molar-refractivity contribution in [3.63, 3.8) is 0 Å². The lowest BCUT2D eigenvalue weighted by atomic mass is 9.87. The summed E-state index contributed by atoms with van der Waals surface area (Å²) in [5, 5.41) is 16.0. The van der Waals surface area contributed by atoms with Gasteiger partial charge in [0.15, 0.2) is 11.6 Å². The summed E-state index contributed by atoms with van der Waals surface area (Å²) in [7, 11) is 0. The van der Waals surface area contributed by atoms with Crippen LogP contribution >= 0.6 is 0 Å². The van der Waals surface area contributed by atoms with Gasteiger partial charge < -0.3 is 15.1 Å². The van der Waals surface area contributed by atoms with Crippen molar-refractivity contribution in [3.8, 4) is 5.82 Å². The maximum atomic E-state index is 12.7. The maximum Gasteiger partial charge on any atom is 0.321 e. The Kier molecular flexibility index (Phi) is 5.63. The number of amides is 2. The molecule has 3 aromatic rings. The highest BCUT2D eigenvalue weighted by molar-refractivity contribution is 5.89. The normalized spacial score (nSPS) is 14.6. The highest BCUT2D eigenvalue weighted by atomic mass is 16.2. The second kappa shape index (κ2) is 8.37. The van der Waals surface area contributed by atoms with Crippen molar-refractivity contribution in [2.75, 3.05) is 36.4 Å². The molecule has 1 fully saturated rings. The van der Waals surface area contributed by atoms with Crippen LogP contribution in [0.2, 0.25) is 0 Å². The van der Waals surface area contributed by atoms with E-state index >= 15 is 0 Å². The Bertz CT molecular complexity index is 1030. The fourth-order valence-electron chi connectivity index (χ4n) is 3.55. The zero-order valence-corrected chi connectivity index (χ0v) is 18.5.